The van der Waals surface area contributed by atoms with Crippen LogP contribution in [0, 0.1) is 5.41 Å². The van der Waals surface area contributed by atoms with Gasteiger partial charge in [-0.25, -0.2) is 0 Å². The molecule has 0 bridgehead atoms. The number of anilines is 1. The van der Waals surface area contributed by atoms with Gasteiger partial charge >= 0.3 is 0 Å². The van der Waals surface area contributed by atoms with Crippen LogP contribution in [0.25, 0.3) is 0 Å². The van der Waals surface area contributed by atoms with Gasteiger partial charge in [-0.15, -0.1) is 0 Å². The number of piperazine rings is 1. The number of amides is 2. The molecule has 118 valence electrons. The predicted molar refractivity (Wildman–Crippen MR) is 88.5 cm³/mol. The number of hydrogen-bond acceptors (Lipinski definition) is 3. The standard InChI is InChI=1S/C16H20BrN3O2/c1-19-8-10-20(11-9-19)15(22)16(6-7-16)14(21)18-13-4-2-12(17)3-5-13/h2-5H,6-11H2,1H3,(H,18,21). The monoisotopic (exact) mass is 365 g/mol. The number of halogens is 1. The van der Waals surface area contributed by atoms with Gasteiger partial charge in [-0.1, -0.05) is 15.9 Å². The van der Waals surface area contributed by atoms with Crippen molar-refractivity contribution in [3.63, 3.8) is 0 Å². The molecule has 1 saturated carbocycles. The van der Waals surface area contributed by atoms with Crippen LogP contribution in [0.15, 0.2) is 28.7 Å². The van der Waals surface area contributed by atoms with Crippen molar-refractivity contribution in [1.82, 2.24) is 9.80 Å². The lowest BCUT2D eigenvalue weighted by Gasteiger charge is -2.34. The Morgan fingerprint density at radius 1 is 1.09 bits per heavy atom. The van der Waals surface area contributed by atoms with Crippen molar-refractivity contribution in [3.05, 3.63) is 28.7 Å². The molecular weight excluding hydrogens is 346 g/mol. The van der Waals surface area contributed by atoms with E-state index in [9.17, 15) is 9.59 Å². The third-order valence-electron chi connectivity index (χ3n) is 4.49. The van der Waals surface area contributed by atoms with Gasteiger partial charge in [0, 0.05) is 36.3 Å². The highest BCUT2D eigenvalue weighted by Gasteiger charge is 2.58. The van der Waals surface area contributed by atoms with Crippen LogP contribution in [-0.4, -0.2) is 54.8 Å². The van der Waals surface area contributed by atoms with Crippen molar-refractivity contribution >= 4 is 33.4 Å². The minimum atomic E-state index is -0.830. The summed E-state index contributed by atoms with van der Waals surface area (Å²) in [5.74, 6) is -0.172. The zero-order chi connectivity index (χ0) is 15.7. The molecule has 2 amide bonds. The average molecular weight is 366 g/mol. The largest absolute Gasteiger partial charge is 0.339 e. The van der Waals surface area contributed by atoms with Gasteiger partial charge in [-0.2, -0.15) is 0 Å². The molecule has 22 heavy (non-hydrogen) atoms. The van der Waals surface area contributed by atoms with E-state index in [1.54, 1.807) is 0 Å². The minimum Gasteiger partial charge on any atom is -0.339 e. The molecule has 5 nitrogen and oxygen atoms in total. The molecule has 1 N–H and O–H groups in total. The Kier molecular flexibility index (Phi) is 4.23. The van der Waals surface area contributed by atoms with Crippen LogP contribution in [0.1, 0.15) is 12.8 Å². The number of benzene rings is 1. The second-order valence-corrected chi connectivity index (χ2v) is 7.05. The summed E-state index contributed by atoms with van der Waals surface area (Å²) in [4.78, 5) is 29.3. The van der Waals surface area contributed by atoms with Gasteiger partial charge < -0.3 is 15.1 Å². The van der Waals surface area contributed by atoms with Crippen LogP contribution in [0.4, 0.5) is 5.69 Å². The number of nitrogens with one attached hydrogen (secondary N) is 1. The Morgan fingerprint density at radius 3 is 2.23 bits per heavy atom. The predicted octanol–water partition coefficient (Wildman–Crippen LogP) is 1.94. The van der Waals surface area contributed by atoms with Crippen LogP contribution in [0.3, 0.4) is 0 Å². The van der Waals surface area contributed by atoms with Gasteiger partial charge in [0.1, 0.15) is 5.41 Å². The lowest BCUT2D eigenvalue weighted by atomic mass is 10.0. The molecule has 1 aromatic carbocycles. The maximum atomic E-state index is 12.7. The molecule has 1 saturated heterocycles. The molecular formula is C16H20BrN3O2. The van der Waals surface area contributed by atoms with E-state index in [2.05, 4.69) is 33.2 Å². The number of hydrogen-bond donors (Lipinski definition) is 1. The molecule has 1 aliphatic carbocycles. The molecule has 1 aliphatic heterocycles. The lowest BCUT2D eigenvalue weighted by Crippen LogP contribution is -2.51. The smallest absolute Gasteiger partial charge is 0.240 e. The third-order valence-corrected chi connectivity index (χ3v) is 5.02. The van der Waals surface area contributed by atoms with E-state index in [1.807, 2.05) is 29.2 Å². The summed E-state index contributed by atoms with van der Waals surface area (Å²) in [6.07, 6.45) is 1.31. The van der Waals surface area contributed by atoms with Gasteiger partial charge in [0.15, 0.2) is 0 Å². The first kappa shape index (κ1) is 15.5. The topological polar surface area (TPSA) is 52.7 Å². The molecule has 3 rings (SSSR count). The van der Waals surface area contributed by atoms with Gasteiger partial charge in [-0.05, 0) is 44.2 Å². The summed E-state index contributed by atoms with van der Waals surface area (Å²) >= 11 is 3.37. The van der Waals surface area contributed by atoms with Crippen LogP contribution in [0.5, 0.6) is 0 Å². The van der Waals surface area contributed by atoms with Crippen molar-refractivity contribution in [2.24, 2.45) is 5.41 Å². The van der Waals surface area contributed by atoms with Gasteiger partial charge in [0.25, 0.3) is 0 Å². The lowest BCUT2D eigenvalue weighted by molar-refractivity contribution is -0.143. The Bertz CT molecular complexity index is 576. The SMILES string of the molecule is CN1CCN(C(=O)C2(C(=O)Nc3ccc(Br)cc3)CC2)CC1. The molecule has 0 spiro atoms. The highest BCUT2D eigenvalue weighted by molar-refractivity contribution is 9.10. The Morgan fingerprint density at radius 2 is 1.68 bits per heavy atom. The maximum Gasteiger partial charge on any atom is 0.240 e. The van der Waals surface area contributed by atoms with Crippen molar-refractivity contribution in [2.45, 2.75) is 12.8 Å². The van der Waals surface area contributed by atoms with E-state index in [4.69, 9.17) is 0 Å². The summed E-state index contributed by atoms with van der Waals surface area (Å²) in [5.41, 5.74) is -0.103. The van der Waals surface area contributed by atoms with E-state index < -0.39 is 5.41 Å². The van der Waals surface area contributed by atoms with E-state index in [0.717, 1.165) is 23.2 Å². The van der Waals surface area contributed by atoms with Crippen molar-refractivity contribution in [2.75, 3.05) is 38.5 Å². The first-order chi connectivity index (χ1) is 10.5. The Labute approximate surface area is 138 Å². The normalized spacial score (nSPS) is 20.5. The molecule has 1 aromatic rings. The zero-order valence-electron chi connectivity index (χ0n) is 12.6. The van der Waals surface area contributed by atoms with Crippen molar-refractivity contribution in [3.8, 4) is 0 Å². The van der Waals surface area contributed by atoms with Gasteiger partial charge in [-0.3, -0.25) is 9.59 Å². The number of nitrogens with zero attached hydrogens (tertiary/aromatic N) is 2. The molecule has 6 heteroatoms. The van der Waals surface area contributed by atoms with E-state index >= 15 is 0 Å². The molecule has 1 heterocycles. The summed E-state index contributed by atoms with van der Waals surface area (Å²) < 4.78 is 0.958. The minimum absolute atomic E-state index is 0.00443. The summed E-state index contributed by atoms with van der Waals surface area (Å²) in [6.45, 7) is 3.16. The van der Waals surface area contributed by atoms with Gasteiger partial charge in [0.2, 0.25) is 11.8 Å². The van der Waals surface area contributed by atoms with Gasteiger partial charge in [0.05, 0.1) is 0 Å². The first-order valence-electron chi connectivity index (χ1n) is 7.56. The Balaban J connectivity index is 1.66. The van der Waals surface area contributed by atoms with Crippen molar-refractivity contribution < 1.29 is 9.59 Å². The summed E-state index contributed by atoms with van der Waals surface area (Å²) in [7, 11) is 2.05. The van der Waals surface area contributed by atoms with Crippen LogP contribution in [0.2, 0.25) is 0 Å². The second-order valence-electron chi connectivity index (χ2n) is 6.14. The van der Waals surface area contributed by atoms with E-state index in [0.29, 0.717) is 25.9 Å². The number of carbonyl (C=O) groups excluding carboxylic acids is 2. The van der Waals surface area contributed by atoms with Crippen LogP contribution >= 0.6 is 15.9 Å². The average Bonchev–Trinajstić information content (AvgIpc) is 3.31. The van der Waals surface area contributed by atoms with Crippen LogP contribution < -0.4 is 5.32 Å². The quantitative estimate of drug-likeness (QED) is 0.832. The number of rotatable bonds is 3. The molecule has 2 aliphatic rings. The fraction of sp³-hybridized carbons (Fsp3) is 0.500. The summed E-state index contributed by atoms with van der Waals surface area (Å²) in [6, 6.07) is 7.41. The fourth-order valence-electron chi connectivity index (χ4n) is 2.76. The molecule has 0 radical (unpaired) electrons. The third kappa shape index (κ3) is 3.03. The second kappa shape index (κ2) is 6.01. The highest BCUT2D eigenvalue weighted by atomic mass is 79.9. The first-order valence-corrected chi connectivity index (χ1v) is 8.35. The number of likely N-dealkylation sites (N-methyl/N-ethyl adjacent to an activating group) is 1. The zero-order valence-corrected chi connectivity index (χ0v) is 14.2. The molecule has 0 unspecified atom stereocenters. The Hall–Kier alpha value is -1.40. The highest BCUT2D eigenvalue weighted by Crippen LogP contribution is 2.48. The van der Waals surface area contributed by atoms with Crippen molar-refractivity contribution in [1.29, 1.82) is 0 Å². The maximum absolute atomic E-state index is 12.7. The molecule has 2 fully saturated rings. The van der Waals surface area contributed by atoms with E-state index in [1.165, 1.54) is 0 Å². The summed E-state index contributed by atoms with van der Waals surface area (Å²) in [5, 5.41) is 2.88. The van der Waals surface area contributed by atoms with E-state index in [-0.39, 0.29) is 11.8 Å². The van der Waals surface area contributed by atoms with Crippen LogP contribution in [-0.2, 0) is 9.59 Å². The molecule has 0 aromatic heterocycles. The number of carbonyl (C=O) groups is 2. The fourth-order valence-corrected chi connectivity index (χ4v) is 3.02. The molecule has 0 atom stereocenters.